The van der Waals surface area contributed by atoms with Crippen LogP contribution < -0.4 is 5.32 Å². The summed E-state index contributed by atoms with van der Waals surface area (Å²) in [5.41, 5.74) is 0. The molecule has 2 nitrogen and oxygen atoms in total. The summed E-state index contributed by atoms with van der Waals surface area (Å²) in [6.07, 6.45) is 5.22. The van der Waals surface area contributed by atoms with E-state index in [4.69, 9.17) is 0 Å². The first-order chi connectivity index (χ1) is 6.22. The molecule has 0 rings (SSSR count). The average molecular weight is 186 g/mol. The third-order valence-corrected chi connectivity index (χ3v) is 2.65. The van der Waals surface area contributed by atoms with E-state index in [1.165, 1.54) is 32.2 Å². The fourth-order valence-corrected chi connectivity index (χ4v) is 1.52. The van der Waals surface area contributed by atoms with E-state index in [-0.39, 0.29) is 0 Å². The monoisotopic (exact) mass is 186 g/mol. The van der Waals surface area contributed by atoms with Crippen molar-refractivity contribution < 1.29 is 0 Å². The second kappa shape index (κ2) is 8.52. The van der Waals surface area contributed by atoms with Gasteiger partial charge in [0.1, 0.15) is 0 Å². The summed E-state index contributed by atoms with van der Waals surface area (Å²) in [5.74, 6) is 0. The highest BCUT2D eigenvalue weighted by molar-refractivity contribution is 4.62. The first-order valence-corrected chi connectivity index (χ1v) is 5.57. The molecule has 1 atom stereocenters. The summed E-state index contributed by atoms with van der Waals surface area (Å²) < 4.78 is 0. The second-order valence-corrected chi connectivity index (χ2v) is 3.93. The van der Waals surface area contributed by atoms with Crippen molar-refractivity contribution in [1.82, 2.24) is 10.2 Å². The Kier molecular flexibility index (Phi) is 8.46. The zero-order valence-electron chi connectivity index (χ0n) is 9.77. The van der Waals surface area contributed by atoms with E-state index in [0.717, 1.165) is 12.6 Å². The Hall–Kier alpha value is -0.0800. The van der Waals surface area contributed by atoms with Crippen molar-refractivity contribution in [2.45, 2.75) is 45.6 Å². The number of hydrogen-bond acceptors (Lipinski definition) is 2. The molecule has 80 valence electrons. The van der Waals surface area contributed by atoms with E-state index >= 15 is 0 Å². The fraction of sp³-hybridized carbons (Fsp3) is 1.00. The minimum Gasteiger partial charge on any atom is -0.320 e. The van der Waals surface area contributed by atoms with Gasteiger partial charge in [0.2, 0.25) is 0 Å². The summed E-state index contributed by atoms with van der Waals surface area (Å²) in [4.78, 5) is 2.47. The van der Waals surface area contributed by atoms with Crippen LogP contribution in [0.4, 0.5) is 0 Å². The van der Waals surface area contributed by atoms with Crippen LogP contribution in [0.15, 0.2) is 0 Å². The largest absolute Gasteiger partial charge is 0.320 e. The van der Waals surface area contributed by atoms with Gasteiger partial charge in [-0.25, -0.2) is 0 Å². The smallest absolute Gasteiger partial charge is 0.00637 e. The number of nitrogens with zero attached hydrogens (tertiary/aromatic N) is 1. The zero-order valence-corrected chi connectivity index (χ0v) is 9.77. The van der Waals surface area contributed by atoms with Crippen molar-refractivity contribution in [3.63, 3.8) is 0 Å². The first-order valence-electron chi connectivity index (χ1n) is 5.57. The van der Waals surface area contributed by atoms with Gasteiger partial charge in [0.05, 0.1) is 0 Å². The van der Waals surface area contributed by atoms with Gasteiger partial charge >= 0.3 is 0 Å². The van der Waals surface area contributed by atoms with Crippen LogP contribution in [-0.2, 0) is 0 Å². The van der Waals surface area contributed by atoms with Gasteiger partial charge in [-0.2, -0.15) is 0 Å². The molecular weight excluding hydrogens is 160 g/mol. The molecule has 0 saturated carbocycles. The van der Waals surface area contributed by atoms with Crippen LogP contribution in [0.5, 0.6) is 0 Å². The molecule has 0 heterocycles. The molecule has 1 N–H and O–H groups in total. The molecule has 0 fully saturated rings. The maximum absolute atomic E-state index is 3.18. The van der Waals surface area contributed by atoms with Crippen LogP contribution in [0.2, 0.25) is 0 Å². The van der Waals surface area contributed by atoms with Gasteiger partial charge in [-0.3, -0.25) is 0 Å². The normalized spacial score (nSPS) is 13.6. The summed E-state index contributed by atoms with van der Waals surface area (Å²) in [7, 11) is 4.25. The maximum atomic E-state index is 3.18. The molecule has 2 heteroatoms. The fourth-order valence-electron chi connectivity index (χ4n) is 1.52. The van der Waals surface area contributed by atoms with Crippen LogP contribution in [0, 0.1) is 0 Å². The lowest BCUT2D eigenvalue weighted by Crippen LogP contribution is -2.30. The van der Waals surface area contributed by atoms with Crippen molar-refractivity contribution in [3.05, 3.63) is 0 Å². The molecule has 0 aromatic carbocycles. The quantitative estimate of drug-likeness (QED) is 0.584. The minimum atomic E-state index is 0.750. The predicted octanol–water partition coefficient (Wildman–Crippen LogP) is 2.11. The Labute approximate surface area is 83.7 Å². The van der Waals surface area contributed by atoms with Crippen LogP contribution in [0.1, 0.15) is 39.5 Å². The average Bonchev–Trinajstić information content (AvgIpc) is 2.12. The number of unbranched alkanes of at least 4 members (excludes halogenated alkanes) is 1. The topological polar surface area (TPSA) is 15.3 Å². The van der Waals surface area contributed by atoms with Crippen molar-refractivity contribution in [2.24, 2.45) is 0 Å². The summed E-state index contributed by atoms with van der Waals surface area (Å²) in [5, 5.41) is 3.18. The highest BCUT2D eigenvalue weighted by Crippen LogP contribution is 2.04. The van der Waals surface area contributed by atoms with E-state index in [1.807, 2.05) is 7.05 Å². The van der Waals surface area contributed by atoms with Crippen molar-refractivity contribution in [1.29, 1.82) is 0 Å². The van der Waals surface area contributed by atoms with E-state index in [1.54, 1.807) is 0 Å². The predicted molar refractivity (Wildman–Crippen MR) is 60.2 cm³/mol. The summed E-state index contributed by atoms with van der Waals surface area (Å²) in [6, 6.07) is 0.750. The number of hydrogen-bond donors (Lipinski definition) is 1. The molecule has 0 aliphatic carbocycles. The van der Waals surface area contributed by atoms with Crippen molar-refractivity contribution >= 4 is 0 Å². The molecule has 0 aromatic rings. The van der Waals surface area contributed by atoms with E-state index < -0.39 is 0 Å². The Morgan fingerprint density at radius 2 is 2.00 bits per heavy atom. The molecule has 1 unspecified atom stereocenters. The Morgan fingerprint density at radius 3 is 2.54 bits per heavy atom. The van der Waals surface area contributed by atoms with Crippen LogP contribution in [0.3, 0.4) is 0 Å². The Balaban J connectivity index is 3.32. The summed E-state index contributed by atoms with van der Waals surface area (Å²) >= 11 is 0. The molecular formula is C11H26N2. The van der Waals surface area contributed by atoms with Gasteiger partial charge in [0.15, 0.2) is 0 Å². The molecule has 0 aliphatic heterocycles. The lowest BCUT2D eigenvalue weighted by molar-refractivity contribution is 0.240. The van der Waals surface area contributed by atoms with Gasteiger partial charge in [-0.05, 0) is 53.4 Å². The molecule has 0 bridgehead atoms. The van der Waals surface area contributed by atoms with Crippen molar-refractivity contribution in [3.8, 4) is 0 Å². The highest BCUT2D eigenvalue weighted by atomic mass is 15.1. The molecule has 13 heavy (non-hydrogen) atoms. The Morgan fingerprint density at radius 1 is 1.31 bits per heavy atom. The summed E-state index contributed by atoms with van der Waals surface area (Å²) in [6.45, 7) is 6.96. The Bertz CT molecular complexity index is 104. The minimum absolute atomic E-state index is 0.750. The van der Waals surface area contributed by atoms with Crippen molar-refractivity contribution in [2.75, 3.05) is 27.2 Å². The van der Waals surface area contributed by atoms with Crippen LogP contribution in [0.25, 0.3) is 0 Å². The SMILES string of the molecule is CCCC(C)N(C)CCCCNC. The number of nitrogens with one attached hydrogen (secondary N) is 1. The van der Waals surface area contributed by atoms with E-state index in [0.29, 0.717) is 0 Å². The lowest BCUT2D eigenvalue weighted by atomic mass is 10.1. The zero-order chi connectivity index (χ0) is 10.1. The molecule has 0 aliphatic rings. The highest BCUT2D eigenvalue weighted by Gasteiger charge is 2.06. The lowest BCUT2D eigenvalue weighted by Gasteiger charge is -2.24. The van der Waals surface area contributed by atoms with Crippen LogP contribution in [-0.4, -0.2) is 38.1 Å². The third-order valence-electron chi connectivity index (χ3n) is 2.65. The van der Waals surface area contributed by atoms with E-state index in [9.17, 15) is 0 Å². The molecule has 0 radical (unpaired) electrons. The second-order valence-electron chi connectivity index (χ2n) is 3.93. The molecule has 0 spiro atoms. The van der Waals surface area contributed by atoms with E-state index in [2.05, 4.69) is 31.1 Å². The standard InChI is InChI=1S/C11H26N2/c1-5-8-11(2)13(4)10-7-6-9-12-3/h11-12H,5-10H2,1-4H3. The van der Waals surface area contributed by atoms with Crippen LogP contribution >= 0.6 is 0 Å². The number of rotatable bonds is 8. The maximum Gasteiger partial charge on any atom is 0.00637 e. The first kappa shape index (κ1) is 12.9. The van der Waals surface area contributed by atoms with Gasteiger partial charge in [0, 0.05) is 6.04 Å². The van der Waals surface area contributed by atoms with Gasteiger partial charge in [-0.1, -0.05) is 13.3 Å². The molecule has 0 aromatic heterocycles. The third kappa shape index (κ3) is 7.03. The van der Waals surface area contributed by atoms with Gasteiger partial charge in [0.25, 0.3) is 0 Å². The van der Waals surface area contributed by atoms with Gasteiger partial charge < -0.3 is 10.2 Å². The van der Waals surface area contributed by atoms with Gasteiger partial charge in [-0.15, -0.1) is 0 Å². The molecule has 0 amide bonds. The molecule has 0 saturated heterocycles.